The largest absolute Gasteiger partial charge is 0.256 e. The Morgan fingerprint density at radius 2 is 1.84 bits per heavy atom. The third-order valence-electron chi connectivity index (χ3n) is 3.14. The zero-order valence-electron chi connectivity index (χ0n) is 11.2. The van der Waals surface area contributed by atoms with Crippen LogP contribution in [-0.4, -0.2) is 4.98 Å². The Bertz CT molecular complexity index is 645. The molecule has 0 fully saturated rings. The average molecular weight is 259 g/mol. The predicted octanol–water partition coefficient (Wildman–Crippen LogP) is 4.76. The molecule has 0 saturated heterocycles. The molecular weight excluding hydrogens is 244 g/mol. The highest BCUT2D eigenvalue weighted by molar-refractivity contribution is 5.68. The van der Waals surface area contributed by atoms with Gasteiger partial charge in [0.2, 0.25) is 0 Å². The van der Waals surface area contributed by atoms with Crippen LogP contribution in [0.1, 0.15) is 25.1 Å². The van der Waals surface area contributed by atoms with Gasteiger partial charge in [-0.15, -0.1) is 0 Å². The molecule has 0 saturated carbocycles. The van der Waals surface area contributed by atoms with E-state index < -0.39 is 11.6 Å². The lowest BCUT2D eigenvalue weighted by Gasteiger charge is -2.08. The number of halogens is 2. The monoisotopic (exact) mass is 259 g/mol. The highest BCUT2D eigenvalue weighted by Gasteiger charge is 2.07. The van der Waals surface area contributed by atoms with Crippen LogP contribution in [0, 0.1) is 18.6 Å². The SMILES string of the molecule is C/C=C(/C)c1ncc(-c2ccc(F)c(F)c2)cc1C. The Hall–Kier alpha value is -2.03. The molecule has 0 N–H and O–H groups in total. The summed E-state index contributed by atoms with van der Waals surface area (Å²) in [6.07, 6.45) is 3.68. The molecule has 98 valence electrons. The van der Waals surface area contributed by atoms with Crippen LogP contribution in [0.15, 0.2) is 36.5 Å². The molecule has 1 nitrogen and oxygen atoms in total. The first-order valence-corrected chi connectivity index (χ1v) is 6.08. The summed E-state index contributed by atoms with van der Waals surface area (Å²) in [4.78, 5) is 4.39. The zero-order valence-corrected chi connectivity index (χ0v) is 11.2. The number of pyridine rings is 1. The number of rotatable bonds is 2. The number of allylic oxidation sites excluding steroid dienone is 2. The Labute approximate surface area is 111 Å². The Balaban J connectivity index is 2.47. The van der Waals surface area contributed by atoms with Crippen molar-refractivity contribution < 1.29 is 8.78 Å². The van der Waals surface area contributed by atoms with E-state index in [1.807, 2.05) is 32.9 Å². The topological polar surface area (TPSA) is 12.9 Å². The average Bonchev–Trinajstić information content (AvgIpc) is 2.41. The third-order valence-corrected chi connectivity index (χ3v) is 3.14. The van der Waals surface area contributed by atoms with Crippen molar-refractivity contribution in [3.8, 4) is 11.1 Å². The fraction of sp³-hybridized carbons (Fsp3) is 0.188. The lowest BCUT2D eigenvalue weighted by Crippen LogP contribution is -1.93. The van der Waals surface area contributed by atoms with Crippen LogP contribution in [0.4, 0.5) is 8.78 Å². The molecule has 0 aliphatic rings. The molecule has 1 aromatic carbocycles. The van der Waals surface area contributed by atoms with Crippen LogP contribution in [0.25, 0.3) is 16.7 Å². The highest BCUT2D eigenvalue weighted by Crippen LogP contribution is 2.24. The number of hydrogen-bond donors (Lipinski definition) is 0. The minimum Gasteiger partial charge on any atom is -0.256 e. The van der Waals surface area contributed by atoms with Crippen molar-refractivity contribution in [2.45, 2.75) is 20.8 Å². The quantitative estimate of drug-likeness (QED) is 0.757. The fourth-order valence-corrected chi connectivity index (χ4v) is 1.96. The van der Waals surface area contributed by atoms with E-state index in [2.05, 4.69) is 4.98 Å². The van der Waals surface area contributed by atoms with Crippen molar-refractivity contribution >= 4 is 5.57 Å². The standard InChI is InChI=1S/C16H15F2N/c1-4-10(2)16-11(3)7-13(9-19-16)12-5-6-14(17)15(18)8-12/h4-9H,1-3H3/b10-4-. The van der Waals surface area contributed by atoms with Crippen LogP contribution < -0.4 is 0 Å². The molecule has 1 heterocycles. The Morgan fingerprint density at radius 1 is 1.11 bits per heavy atom. The zero-order chi connectivity index (χ0) is 14.0. The number of aryl methyl sites for hydroxylation is 1. The van der Waals surface area contributed by atoms with Gasteiger partial charge in [-0.1, -0.05) is 12.1 Å². The summed E-state index contributed by atoms with van der Waals surface area (Å²) >= 11 is 0. The molecule has 19 heavy (non-hydrogen) atoms. The van der Waals surface area contributed by atoms with E-state index in [1.165, 1.54) is 6.07 Å². The molecule has 0 spiro atoms. The van der Waals surface area contributed by atoms with E-state index in [9.17, 15) is 8.78 Å². The third kappa shape index (κ3) is 2.70. The van der Waals surface area contributed by atoms with E-state index in [-0.39, 0.29) is 0 Å². The van der Waals surface area contributed by atoms with Crippen molar-refractivity contribution in [1.82, 2.24) is 4.98 Å². The molecule has 2 aromatic rings. The normalized spacial score (nSPS) is 11.7. The number of benzene rings is 1. The number of hydrogen-bond acceptors (Lipinski definition) is 1. The van der Waals surface area contributed by atoms with E-state index in [1.54, 1.807) is 12.3 Å². The second-order valence-electron chi connectivity index (χ2n) is 4.49. The summed E-state index contributed by atoms with van der Waals surface area (Å²) in [6.45, 7) is 5.91. The van der Waals surface area contributed by atoms with E-state index in [0.717, 1.165) is 28.5 Å². The molecule has 1 aromatic heterocycles. The molecule has 3 heteroatoms. The predicted molar refractivity (Wildman–Crippen MR) is 73.7 cm³/mol. The van der Waals surface area contributed by atoms with Crippen LogP contribution in [0.2, 0.25) is 0 Å². The van der Waals surface area contributed by atoms with Crippen LogP contribution in [0.3, 0.4) is 0 Å². The molecule has 0 atom stereocenters. The van der Waals surface area contributed by atoms with Gasteiger partial charge in [0.15, 0.2) is 11.6 Å². The highest BCUT2D eigenvalue weighted by atomic mass is 19.2. The lowest BCUT2D eigenvalue weighted by atomic mass is 10.0. The molecule has 0 radical (unpaired) electrons. The summed E-state index contributed by atoms with van der Waals surface area (Å²) in [5.74, 6) is -1.68. The Kier molecular flexibility index (Phi) is 3.74. The number of nitrogens with zero attached hydrogens (tertiary/aromatic N) is 1. The fourth-order valence-electron chi connectivity index (χ4n) is 1.96. The van der Waals surface area contributed by atoms with Gasteiger partial charge in [0.1, 0.15) is 0 Å². The van der Waals surface area contributed by atoms with Gasteiger partial charge in [-0.2, -0.15) is 0 Å². The van der Waals surface area contributed by atoms with E-state index in [0.29, 0.717) is 5.56 Å². The summed E-state index contributed by atoms with van der Waals surface area (Å²) in [5, 5.41) is 0. The number of aromatic nitrogens is 1. The summed E-state index contributed by atoms with van der Waals surface area (Å²) in [5.41, 5.74) is 4.43. The van der Waals surface area contributed by atoms with Gasteiger partial charge in [-0.3, -0.25) is 4.98 Å². The summed E-state index contributed by atoms with van der Waals surface area (Å²) < 4.78 is 26.1. The maximum Gasteiger partial charge on any atom is 0.159 e. The van der Waals surface area contributed by atoms with Crippen molar-refractivity contribution in [3.63, 3.8) is 0 Å². The van der Waals surface area contributed by atoms with Gasteiger partial charge < -0.3 is 0 Å². The van der Waals surface area contributed by atoms with Gasteiger partial charge in [0.25, 0.3) is 0 Å². The van der Waals surface area contributed by atoms with Gasteiger partial charge in [0.05, 0.1) is 5.69 Å². The van der Waals surface area contributed by atoms with Crippen molar-refractivity contribution in [1.29, 1.82) is 0 Å². The van der Waals surface area contributed by atoms with Gasteiger partial charge >= 0.3 is 0 Å². The van der Waals surface area contributed by atoms with Gasteiger partial charge in [-0.25, -0.2) is 8.78 Å². The van der Waals surface area contributed by atoms with Crippen molar-refractivity contribution in [3.05, 3.63) is 59.4 Å². The van der Waals surface area contributed by atoms with Crippen LogP contribution in [0.5, 0.6) is 0 Å². The van der Waals surface area contributed by atoms with Crippen LogP contribution in [-0.2, 0) is 0 Å². The molecule has 0 bridgehead atoms. The lowest BCUT2D eigenvalue weighted by molar-refractivity contribution is 0.509. The van der Waals surface area contributed by atoms with Crippen molar-refractivity contribution in [2.24, 2.45) is 0 Å². The summed E-state index contributed by atoms with van der Waals surface area (Å²) in [6, 6.07) is 5.80. The van der Waals surface area contributed by atoms with E-state index >= 15 is 0 Å². The Morgan fingerprint density at radius 3 is 2.42 bits per heavy atom. The minimum atomic E-state index is -0.844. The second-order valence-corrected chi connectivity index (χ2v) is 4.49. The molecule has 2 rings (SSSR count). The second kappa shape index (κ2) is 5.31. The maximum absolute atomic E-state index is 13.2. The molecule has 0 amide bonds. The first-order valence-electron chi connectivity index (χ1n) is 6.08. The molecule has 0 unspecified atom stereocenters. The van der Waals surface area contributed by atoms with Crippen LogP contribution >= 0.6 is 0 Å². The van der Waals surface area contributed by atoms with Crippen molar-refractivity contribution in [2.75, 3.05) is 0 Å². The first kappa shape index (κ1) is 13.4. The van der Waals surface area contributed by atoms with Gasteiger partial charge in [-0.05, 0) is 55.7 Å². The van der Waals surface area contributed by atoms with E-state index in [4.69, 9.17) is 0 Å². The smallest absolute Gasteiger partial charge is 0.159 e. The summed E-state index contributed by atoms with van der Waals surface area (Å²) in [7, 11) is 0. The maximum atomic E-state index is 13.2. The first-order chi connectivity index (χ1) is 9.02. The molecular formula is C16H15F2N. The van der Waals surface area contributed by atoms with Gasteiger partial charge in [0, 0.05) is 11.8 Å². The molecule has 0 aliphatic heterocycles. The minimum absolute atomic E-state index is 0.624. The molecule has 0 aliphatic carbocycles.